The van der Waals surface area contributed by atoms with Gasteiger partial charge in [-0.15, -0.1) is 0 Å². The molecule has 0 bridgehead atoms. The average Bonchev–Trinajstić information content (AvgIpc) is 3.34. The lowest BCUT2D eigenvalue weighted by atomic mass is 10.1. The van der Waals surface area contributed by atoms with E-state index in [-0.39, 0.29) is 21.8 Å². The number of H-pyrrole nitrogens is 1. The van der Waals surface area contributed by atoms with E-state index in [2.05, 4.69) is 15.3 Å². The van der Waals surface area contributed by atoms with E-state index in [4.69, 9.17) is 16.6 Å². The molecule has 0 radical (unpaired) electrons. The largest absolute Gasteiger partial charge is 0.455 e. The van der Waals surface area contributed by atoms with E-state index in [9.17, 15) is 14.5 Å². The fourth-order valence-electron chi connectivity index (χ4n) is 2.66. The molecule has 0 aliphatic heterocycles. The third-order valence-corrected chi connectivity index (χ3v) is 4.32. The first-order chi connectivity index (χ1) is 14.0. The van der Waals surface area contributed by atoms with Crippen LogP contribution in [0.15, 0.2) is 70.2 Å². The summed E-state index contributed by atoms with van der Waals surface area (Å²) in [4.78, 5) is 10.3. The lowest BCUT2D eigenvalue weighted by Crippen LogP contribution is -1.96. The van der Waals surface area contributed by atoms with Crippen molar-refractivity contribution in [2.75, 3.05) is 0 Å². The smallest absolute Gasteiger partial charge is 0.269 e. The van der Waals surface area contributed by atoms with Crippen molar-refractivity contribution in [3.8, 4) is 22.7 Å². The number of nitrogens with zero attached hydrogens (tertiary/aromatic N) is 4. The quantitative estimate of drug-likeness (QED) is 0.221. The summed E-state index contributed by atoms with van der Waals surface area (Å²) in [6.07, 6.45) is 1.42. The van der Waals surface area contributed by atoms with Crippen molar-refractivity contribution < 1.29 is 13.7 Å². The normalized spacial score (nSPS) is 11.2. The van der Waals surface area contributed by atoms with Gasteiger partial charge in [-0.3, -0.25) is 10.1 Å². The monoisotopic (exact) mass is 409 g/mol. The van der Waals surface area contributed by atoms with Crippen LogP contribution in [0.3, 0.4) is 0 Å². The Morgan fingerprint density at radius 3 is 2.66 bits per heavy atom. The molecule has 2 aromatic heterocycles. The van der Waals surface area contributed by atoms with Gasteiger partial charge in [0.2, 0.25) is 4.77 Å². The minimum atomic E-state index is -0.467. The van der Waals surface area contributed by atoms with Gasteiger partial charge in [-0.2, -0.15) is 14.9 Å². The highest BCUT2D eigenvalue weighted by Crippen LogP contribution is 2.24. The summed E-state index contributed by atoms with van der Waals surface area (Å²) in [6.45, 7) is 0. The molecule has 2 heterocycles. The Hall–Kier alpha value is -3.92. The van der Waals surface area contributed by atoms with Crippen molar-refractivity contribution in [1.29, 1.82) is 0 Å². The Bertz CT molecular complexity index is 1270. The molecule has 0 unspecified atom stereocenters. The van der Waals surface area contributed by atoms with E-state index in [1.807, 2.05) is 0 Å². The van der Waals surface area contributed by atoms with Gasteiger partial charge in [0.1, 0.15) is 17.3 Å². The Labute approximate surface area is 168 Å². The van der Waals surface area contributed by atoms with Crippen LogP contribution >= 0.6 is 12.2 Å². The molecule has 8 nitrogen and oxygen atoms in total. The maximum absolute atomic E-state index is 14.1. The second kappa shape index (κ2) is 7.60. The second-order valence-electron chi connectivity index (χ2n) is 5.89. The Morgan fingerprint density at radius 2 is 1.93 bits per heavy atom. The average molecular weight is 409 g/mol. The summed E-state index contributed by atoms with van der Waals surface area (Å²) in [7, 11) is 0. The molecule has 144 valence electrons. The van der Waals surface area contributed by atoms with Crippen LogP contribution in [-0.4, -0.2) is 26.0 Å². The number of benzene rings is 2. The standard InChI is InChI=1S/C19H12FN5O3S/c20-16-4-2-1-3-15(16)18-22-23-19(29)24(18)21-11-14-9-10-17(28-14)12-5-7-13(8-6-12)25(26)27/h1-11H,(H,23,29)/b21-11-. The SMILES string of the molecule is O=[N+]([O-])c1ccc(-c2ccc(/C=N\n3c(-c4ccccc4F)n[nH]c3=S)o2)cc1. The van der Waals surface area contributed by atoms with Crippen LogP contribution < -0.4 is 0 Å². The van der Waals surface area contributed by atoms with Gasteiger partial charge < -0.3 is 4.42 Å². The van der Waals surface area contributed by atoms with E-state index in [0.717, 1.165) is 0 Å². The maximum Gasteiger partial charge on any atom is 0.269 e. The first-order valence-electron chi connectivity index (χ1n) is 8.34. The minimum absolute atomic E-state index is 0.00269. The highest BCUT2D eigenvalue weighted by atomic mass is 32.1. The van der Waals surface area contributed by atoms with Gasteiger partial charge in [-0.05, 0) is 48.6 Å². The van der Waals surface area contributed by atoms with Gasteiger partial charge >= 0.3 is 0 Å². The fraction of sp³-hybridized carbons (Fsp3) is 0. The molecule has 4 aromatic rings. The highest BCUT2D eigenvalue weighted by Gasteiger charge is 2.13. The van der Waals surface area contributed by atoms with Crippen molar-refractivity contribution in [3.63, 3.8) is 0 Å². The predicted molar refractivity (Wildman–Crippen MR) is 107 cm³/mol. The number of nitrogens with one attached hydrogen (secondary N) is 1. The van der Waals surface area contributed by atoms with Gasteiger partial charge in [-0.1, -0.05) is 12.1 Å². The van der Waals surface area contributed by atoms with Crippen LogP contribution in [0.5, 0.6) is 0 Å². The number of nitro groups is 1. The Kier molecular flexibility index (Phi) is 4.83. The third kappa shape index (κ3) is 3.73. The van der Waals surface area contributed by atoms with Crippen LogP contribution in [0.2, 0.25) is 0 Å². The van der Waals surface area contributed by atoms with Crippen molar-refractivity contribution in [3.05, 3.63) is 87.1 Å². The molecule has 0 spiro atoms. The van der Waals surface area contributed by atoms with Crippen molar-refractivity contribution in [2.24, 2.45) is 5.10 Å². The van der Waals surface area contributed by atoms with Crippen molar-refractivity contribution in [1.82, 2.24) is 14.9 Å². The molecule has 1 N–H and O–H groups in total. The minimum Gasteiger partial charge on any atom is -0.455 e. The van der Waals surface area contributed by atoms with Crippen LogP contribution in [0, 0.1) is 20.7 Å². The Balaban J connectivity index is 1.62. The van der Waals surface area contributed by atoms with E-state index in [1.54, 1.807) is 42.5 Å². The molecule has 0 saturated carbocycles. The third-order valence-electron chi connectivity index (χ3n) is 4.06. The second-order valence-corrected chi connectivity index (χ2v) is 6.28. The van der Waals surface area contributed by atoms with Crippen LogP contribution in [0.1, 0.15) is 5.76 Å². The number of rotatable bonds is 5. The summed E-state index contributed by atoms with van der Waals surface area (Å²) in [5.41, 5.74) is 0.933. The van der Waals surface area contributed by atoms with Gasteiger partial charge in [0.25, 0.3) is 5.69 Å². The summed E-state index contributed by atoms with van der Waals surface area (Å²) in [5, 5.41) is 21.6. The van der Waals surface area contributed by atoms with Crippen LogP contribution in [0.4, 0.5) is 10.1 Å². The highest BCUT2D eigenvalue weighted by molar-refractivity contribution is 7.71. The summed E-state index contributed by atoms with van der Waals surface area (Å²) < 4.78 is 21.3. The van der Waals surface area contributed by atoms with E-state index in [1.165, 1.54) is 29.1 Å². The number of aromatic amines is 1. The number of hydrogen-bond acceptors (Lipinski definition) is 6. The van der Waals surface area contributed by atoms with E-state index >= 15 is 0 Å². The van der Waals surface area contributed by atoms with Gasteiger partial charge in [0.15, 0.2) is 5.82 Å². The molecule has 0 fully saturated rings. The number of furan rings is 1. The van der Waals surface area contributed by atoms with Crippen LogP contribution in [0.25, 0.3) is 22.7 Å². The molecule has 10 heteroatoms. The lowest BCUT2D eigenvalue weighted by Gasteiger charge is -2.01. The molecular formula is C19H12FN5O3S. The molecule has 29 heavy (non-hydrogen) atoms. The summed E-state index contributed by atoms with van der Waals surface area (Å²) in [6, 6.07) is 15.6. The first-order valence-corrected chi connectivity index (χ1v) is 8.75. The maximum atomic E-state index is 14.1. The van der Waals surface area contributed by atoms with Gasteiger partial charge in [-0.25, -0.2) is 9.49 Å². The first kappa shape index (κ1) is 18.4. The van der Waals surface area contributed by atoms with Crippen LogP contribution in [-0.2, 0) is 0 Å². The molecule has 0 amide bonds. The molecule has 0 aliphatic rings. The number of non-ortho nitro benzene ring substituents is 1. The topological polar surface area (TPSA) is 102 Å². The molecule has 0 atom stereocenters. The Morgan fingerprint density at radius 1 is 1.17 bits per heavy atom. The van der Waals surface area contributed by atoms with E-state index < -0.39 is 10.7 Å². The molecule has 0 aliphatic carbocycles. The zero-order valence-corrected chi connectivity index (χ0v) is 15.5. The fourth-order valence-corrected chi connectivity index (χ4v) is 2.83. The number of hydrogen-bond donors (Lipinski definition) is 1. The van der Waals surface area contributed by atoms with Crippen molar-refractivity contribution in [2.45, 2.75) is 0 Å². The lowest BCUT2D eigenvalue weighted by molar-refractivity contribution is -0.384. The van der Waals surface area contributed by atoms with Gasteiger partial charge in [0.05, 0.1) is 16.7 Å². The molecule has 2 aromatic carbocycles. The summed E-state index contributed by atoms with van der Waals surface area (Å²) in [5.74, 6) is 0.718. The zero-order chi connectivity index (χ0) is 20.4. The number of nitro benzene ring substituents is 1. The summed E-state index contributed by atoms with van der Waals surface area (Å²) >= 11 is 5.17. The number of aromatic nitrogens is 3. The molecule has 0 saturated heterocycles. The number of halogens is 1. The van der Waals surface area contributed by atoms with Gasteiger partial charge in [0, 0.05) is 17.7 Å². The molecule has 4 rings (SSSR count). The zero-order valence-electron chi connectivity index (χ0n) is 14.7. The van der Waals surface area contributed by atoms with E-state index in [0.29, 0.717) is 17.1 Å². The van der Waals surface area contributed by atoms with Crippen molar-refractivity contribution >= 4 is 24.1 Å². The predicted octanol–water partition coefficient (Wildman–Crippen LogP) is 4.80. The molecular weight excluding hydrogens is 397 g/mol.